The van der Waals surface area contributed by atoms with Crippen LogP contribution in [0.1, 0.15) is 102 Å². The van der Waals surface area contributed by atoms with Crippen LogP contribution in [0.25, 0.3) is 10.4 Å². The number of unbranched alkanes of at least 4 members (excludes halogenated alkanes) is 6. The van der Waals surface area contributed by atoms with Crippen molar-refractivity contribution in [2.75, 3.05) is 26.4 Å². The van der Waals surface area contributed by atoms with Gasteiger partial charge in [-0.2, -0.15) is 8.42 Å². The van der Waals surface area contributed by atoms with Crippen molar-refractivity contribution in [3.63, 3.8) is 0 Å². The zero-order chi connectivity index (χ0) is 40.2. The normalized spacial score (nSPS) is 17.2. The van der Waals surface area contributed by atoms with E-state index in [2.05, 4.69) is 15.6 Å². The van der Waals surface area contributed by atoms with Crippen LogP contribution in [0.3, 0.4) is 0 Å². The number of aliphatic hydroxyl groups excluding tert-OH is 1. The van der Waals surface area contributed by atoms with Gasteiger partial charge in [0.15, 0.2) is 0 Å². The van der Waals surface area contributed by atoms with Gasteiger partial charge in [-0.15, -0.1) is 11.3 Å². The summed E-state index contributed by atoms with van der Waals surface area (Å²) < 4.78 is 35.3. The molecule has 0 bridgehead atoms. The number of carbonyl (C=O) groups excluding carboxylic acids is 3. The van der Waals surface area contributed by atoms with Crippen LogP contribution < -0.4 is 10.6 Å². The third kappa shape index (κ3) is 13.2. The molecule has 0 saturated carbocycles. The molecule has 3 amide bonds. The highest BCUT2D eigenvalue weighted by atomic mass is 32.2. The van der Waals surface area contributed by atoms with Gasteiger partial charge in [0.1, 0.15) is 18.7 Å². The average molecular weight is 799 g/mol. The predicted octanol–water partition coefficient (Wildman–Crippen LogP) is 6.25. The van der Waals surface area contributed by atoms with E-state index in [0.717, 1.165) is 65.8 Å². The molecule has 3 N–H and O–H groups in total. The highest BCUT2D eigenvalue weighted by Crippen LogP contribution is 2.29. The first-order valence-corrected chi connectivity index (χ1v) is 21.5. The zero-order valence-electron chi connectivity index (χ0n) is 33.0. The SMILES string of the molecule is Cc1ccc(S(=O)(=O)OCCCCCCCCCOCC(=O)N[C@H](C(=O)N2C[C@H](O)C[C@H]2C(=O)N[C@@H](C)c2ccc(-c3scnc3C)cc2)C(C)(C)C)cc1. The maximum Gasteiger partial charge on any atom is 0.296 e. The molecule has 1 aliphatic rings. The van der Waals surface area contributed by atoms with E-state index in [1.807, 2.05) is 71.3 Å². The standard InChI is InChI=1S/C41H58N4O8S2/c1-28-14-20-34(21-15-28)55(50,51)53-23-13-11-9-7-8-10-12-22-52-26-36(47)44-38(41(4,5)6)40(49)45-25-33(46)24-35(45)39(48)43-29(2)31-16-18-32(19-17-31)37-30(3)42-27-54-37/h14-21,27,29,33,35,38,46H,7-13,22-26H2,1-6H3,(H,43,48)(H,44,47)/t29-,33+,35-,38+/m0/s1. The lowest BCUT2D eigenvalue weighted by atomic mass is 9.85. The minimum Gasteiger partial charge on any atom is -0.391 e. The Morgan fingerprint density at radius 2 is 1.55 bits per heavy atom. The van der Waals surface area contributed by atoms with Crippen molar-refractivity contribution in [2.45, 2.75) is 122 Å². The summed E-state index contributed by atoms with van der Waals surface area (Å²) in [4.78, 5) is 47.4. The molecule has 302 valence electrons. The number of hydrogen-bond acceptors (Lipinski definition) is 10. The highest BCUT2D eigenvalue weighted by molar-refractivity contribution is 7.86. The smallest absolute Gasteiger partial charge is 0.296 e. The lowest BCUT2D eigenvalue weighted by molar-refractivity contribution is -0.144. The maximum atomic E-state index is 13.9. The van der Waals surface area contributed by atoms with E-state index >= 15 is 0 Å². The summed E-state index contributed by atoms with van der Waals surface area (Å²) in [6, 6.07) is 12.4. The lowest BCUT2D eigenvalue weighted by Crippen LogP contribution is -2.58. The van der Waals surface area contributed by atoms with Crippen LogP contribution in [0.4, 0.5) is 0 Å². The Morgan fingerprint density at radius 3 is 2.15 bits per heavy atom. The molecule has 2 aromatic carbocycles. The van der Waals surface area contributed by atoms with Gasteiger partial charge in [-0.1, -0.05) is 94.8 Å². The number of nitrogens with one attached hydrogen (secondary N) is 2. The monoisotopic (exact) mass is 798 g/mol. The van der Waals surface area contributed by atoms with Gasteiger partial charge >= 0.3 is 0 Å². The molecule has 0 spiro atoms. The average Bonchev–Trinajstić information content (AvgIpc) is 3.75. The van der Waals surface area contributed by atoms with Crippen LogP contribution in [-0.4, -0.2) is 85.7 Å². The fourth-order valence-corrected chi connectivity index (χ4v) is 8.27. The number of aromatic nitrogens is 1. The largest absolute Gasteiger partial charge is 0.391 e. The van der Waals surface area contributed by atoms with E-state index < -0.39 is 45.5 Å². The van der Waals surface area contributed by atoms with E-state index in [0.29, 0.717) is 13.0 Å². The molecule has 14 heteroatoms. The molecule has 3 aromatic rings. The van der Waals surface area contributed by atoms with Crippen LogP contribution in [0.2, 0.25) is 0 Å². The molecular formula is C41H58N4O8S2. The summed E-state index contributed by atoms with van der Waals surface area (Å²) in [6.45, 7) is 11.6. The number of ether oxygens (including phenoxy) is 1. The van der Waals surface area contributed by atoms with Crippen molar-refractivity contribution in [1.82, 2.24) is 20.5 Å². The number of rotatable bonds is 20. The minimum atomic E-state index is -3.73. The van der Waals surface area contributed by atoms with Gasteiger partial charge < -0.3 is 25.4 Å². The zero-order valence-corrected chi connectivity index (χ0v) is 34.6. The second-order valence-corrected chi connectivity index (χ2v) is 18.0. The third-order valence-electron chi connectivity index (χ3n) is 9.77. The Hall–Kier alpha value is -3.69. The van der Waals surface area contributed by atoms with Crippen LogP contribution in [-0.2, 0) is 33.4 Å². The molecule has 4 rings (SSSR count). The van der Waals surface area contributed by atoms with Crippen molar-refractivity contribution in [2.24, 2.45) is 5.41 Å². The van der Waals surface area contributed by atoms with E-state index in [4.69, 9.17) is 8.92 Å². The Kier molecular flexibility index (Phi) is 16.4. The van der Waals surface area contributed by atoms with E-state index in [-0.39, 0.29) is 43.0 Å². The summed E-state index contributed by atoms with van der Waals surface area (Å²) in [6.07, 6.45) is 5.46. The first-order chi connectivity index (χ1) is 26.1. The molecule has 4 atom stereocenters. The number of benzene rings is 2. The lowest BCUT2D eigenvalue weighted by Gasteiger charge is -2.35. The molecule has 0 aliphatic carbocycles. The summed E-state index contributed by atoms with van der Waals surface area (Å²) in [7, 11) is -3.73. The van der Waals surface area contributed by atoms with Crippen LogP contribution in [0.15, 0.2) is 58.9 Å². The second kappa shape index (κ2) is 20.5. The molecule has 0 radical (unpaired) electrons. The molecule has 55 heavy (non-hydrogen) atoms. The van der Waals surface area contributed by atoms with Crippen LogP contribution in [0.5, 0.6) is 0 Å². The Morgan fingerprint density at radius 1 is 0.927 bits per heavy atom. The van der Waals surface area contributed by atoms with Gasteiger partial charge in [0.05, 0.1) is 39.7 Å². The number of nitrogens with zero attached hydrogens (tertiary/aromatic N) is 2. The maximum absolute atomic E-state index is 13.9. The molecular weight excluding hydrogens is 741 g/mol. The minimum absolute atomic E-state index is 0.00312. The van der Waals surface area contributed by atoms with Crippen LogP contribution >= 0.6 is 11.3 Å². The van der Waals surface area contributed by atoms with Gasteiger partial charge in [-0.25, -0.2) is 4.98 Å². The van der Waals surface area contributed by atoms with Crippen molar-refractivity contribution >= 4 is 39.2 Å². The quantitative estimate of drug-likeness (QED) is 0.0886. The number of carbonyl (C=O) groups is 3. The molecule has 12 nitrogen and oxygen atoms in total. The number of likely N-dealkylation sites (tertiary alicyclic amines) is 1. The van der Waals surface area contributed by atoms with Gasteiger partial charge in [0.25, 0.3) is 10.1 Å². The number of β-amino-alcohol motifs (C(OH)–C–C–N with tert-alkyl or cyclic N) is 1. The number of hydrogen-bond donors (Lipinski definition) is 3. The molecule has 1 fully saturated rings. The van der Waals surface area contributed by atoms with Gasteiger partial charge in [-0.3, -0.25) is 18.6 Å². The fourth-order valence-electron chi connectivity index (χ4n) is 6.51. The predicted molar refractivity (Wildman–Crippen MR) is 214 cm³/mol. The number of aryl methyl sites for hydroxylation is 2. The molecule has 0 unspecified atom stereocenters. The van der Waals surface area contributed by atoms with E-state index in [1.165, 1.54) is 4.90 Å². The molecule has 1 aromatic heterocycles. The number of aliphatic hydroxyl groups is 1. The van der Waals surface area contributed by atoms with Gasteiger partial charge in [0.2, 0.25) is 17.7 Å². The Bertz CT molecular complexity index is 1810. The second-order valence-electron chi connectivity index (χ2n) is 15.5. The van der Waals surface area contributed by atoms with Crippen molar-refractivity contribution in [1.29, 1.82) is 0 Å². The summed E-state index contributed by atoms with van der Waals surface area (Å²) in [5.41, 5.74) is 5.05. The Balaban J connectivity index is 1.15. The van der Waals surface area contributed by atoms with Crippen molar-refractivity contribution in [3.8, 4) is 10.4 Å². The van der Waals surface area contributed by atoms with Gasteiger partial charge in [0, 0.05) is 19.6 Å². The molecule has 1 aliphatic heterocycles. The fraction of sp³-hybridized carbons (Fsp3) is 0.561. The third-order valence-corrected chi connectivity index (χ3v) is 12.1. The Labute approximate surface area is 330 Å². The molecule has 2 heterocycles. The summed E-state index contributed by atoms with van der Waals surface area (Å²) in [5.74, 6) is -1.21. The summed E-state index contributed by atoms with van der Waals surface area (Å²) in [5, 5.41) is 16.4. The van der Waals surface area contributed by atoms with Crippen LogP contribution in [0, 0.1) is 19.3 Å². The topological polar surface area (TPSA) is 164 Å². The molecule has 1 saturated heterocycles. The highest BCUT2D eigenvalue weighted by Gasteiger charge is 2.44. The number of thiazole rings is 1. The van der Waals surface area contributed by atoms with E-state index in [9.17, 15) is 27.9 Å². The van der Waals surface area contributed by atoms with E-state index in [1.54, 1.807) is 35.6 Å². The summed E-state index contributed by atoms with van der Waals surface area (Å²) >= 11 is 1.58. The van der Waals surface area contributed by atoms with Gasteiger partial charge in [-0.05, 0) is 62.3 Å². The number of amides is 3. The first-order valence-electron chi connectivity index (χ1n) is 19.2. The first kappa shape index (κ1) is 44.0. The van der Waals surface area contributed by atoms with Crippen molar-refractivity contribution < 1.29 is 36.8 Å². The van der Waals surface area contributed by atoms with Crippen molar-refractivity contribution in [3.05, 3.63) is 70.9 Å².